The van der Waals surface area contributed by atoms with Crippen LogP contribution in [0.25, 0.3) is 6.08 Å². The minimum Gasteiger partial charge on any atom is -0.327 e. The second-order valence-electron chi connectivity index (χ2n) is 3.45. The molecule has 0 aromatic heterocycles. The number of nitrogens with two attached hydrogens (primary N) is 1. The van der Waals surface area contributed by atoms with Crippen LogP contribution in [0.1, 0.15) is 12.0 Å². The molecule has 1 nitrogen and oxygen atoms in total. The maximum Gasteiger partial charge on any atom is 0.105 e. The zero-order chi connectivity index (χ0) is 9.26. The minimum absolute atomic E-state index is 0. The summed E-state index contributed by atoms with van der Waals surface area (Å²) >= 11 is 0. The van der Waals surface area contributed by atoms with Crippen LogP contribution in [-0.4, -0.2) is 6.04 Å². The Bertz CT molecular complexity index is 323. The molecule has 0 amide bonds. The van der Waals surface area contributed by atoms with Gasteiger partial charge in [-0.2, -0.15) is 0 Å². The summed E-state index contributed by atoms with van der Waals surface area (Å²) in [5, 5.41) is 0. The van der Waals surface area contributed by atoms with Gasteiger partial charge in [0.05, 0.1) is 0 Å². The molecule has 0 radical (unpaired) electrons. The first-order valence-electron chi connectivity index (χ1n) is 4.45. The molecule has 0 bridgehead atoms. The molecular weight excluding hydrogens is 201 g/mol. The molecule has 2 N–H and O–H groups in total. The maximum atomic E-state index is 13.3. The van der Waals surface area contributed by atoms with Crippen molar-refractivity contribution in [1.29, 1.82) is 0 Å². The van der Waals surface area contributed by atoms with Gasteiger partial charge in [-0.25, -0.2) is 4.39 Å². The van der Waals surface area contributed by atoms with E-state index in [1.165, 1.54) is 0 Å². The summed E-state index contributed by atoms with van der Waals surface area (Å²) in [5.74, 6) is -0.112. The van der Waals surface area contributed by atoms with E-state index in [0.717, 1.165) is 12.0 Å². The third-order valence-corrected chi connectivity index (χ3v) is 2.30. The monoisotopic (exact) mass is 213 g/mol. The lowest BCUT2D eigenvalue weighted by Gasteiger charge is -1.94. The molecule has 0 spiro atoms. The third kappa shape index (κ3) is 2.56. The van der Waals surface area contributed by atoms with E-state index in [1.807, 2.05) is 30.3 Å². The molecule has 0 heterocycles. The van der Waals surface area contributed by atoms with Crippen LogP contribution in [0.5, 0.6) is 0 Å². The number of halogens is 2. The van der Waals surface area contributed by atoms with Crippen molar-refractivity contribution in [2.75, 3.05) is 0 Å². The molecular formula is C11H13ClFN. The van der Waals surface area contributed by atoms with Crippen LogP contribution in [-0.2, 0) is 0 Å². The molecule has 2 unspecified atom stereocenters. The van der Waals surface area contributed by atoms with E-state index in [1.54, 1.807) is 6.08 Å². The van der Waals surface area contributed by atoms with E-state index >= 15 is 0 Å². The van der Waals surface area contributed by atoms with Gasteiger partial charge in [0.25, 0.3) is 0 Å². The van der Waals surface area contributed by atoms with Crippen molar-refractivity contribution in [1.82, 2.24) is 0 Å². The highest BCUT2D eigenvalue weighted by Crippen LogP contribution is 2.36. The lowest BCUT2D eigenvalue weighted by atomic mass is 10.2. The van der Waals surface area contributed by atoms with Crippen molar-refractivity contribution in [2.24, 2.45) is 11.7 Å². The molecule has 14 heavy (non-hydrogen) atoms. The Morgan fingerprint density at radius 2 is 1.93 bits per heavy atom. The topological polar surface area (TPSA) is 26.0 Å². The number of benzene rings is 1. The lowest BCUT2D eigenvalue weighted by Crippen LogP contribution is -2.01. The van der Waals surface area contributed by atoms with Crippen molar-refractivity contribution in [2.45, 2.75) is 12.5 Å². The van der Waals surface area contributed by atoms with Crippen LogP contribution in [0, 0.1) is 5.92 Å². The molecule has 2 atom stereocenters. The summed E-state index contributed by atoms with van der Waals surface area (Å²) in [6.45, 7) is 0. The Morgan fingerprint density at radius 1 is 1.36 bits per heavy atom. The highest BCUT2D eigenvalue weighted by Gasteiger charge is 2.37. The first-order chi connectivity index (χ1) is 6.27. The molecule has 1 aliphatic rings. The average molecular weight is 214 g/mol. The quantitative estimate of drug-likeness (QED) is 0.803. The first kappa shape index (κ1) is 11.2. The van der Waals surface area contributed by atoms with Crippen LogP contribution in [0.4, 0.5) is 4.39 Å². The predicted molar refractivity (Wildman–Crippen MR) is 58.9 cm³/mol. The van der Waals surface area contributed by atoms with Crippen LogP contribution in [0.2, 0.25) is 0 Å². The van der Waals surface area contributed by atoms with Gasteiger partial charge in [-0.15, -0.1) is 12.4 Å². The van der Waals surface area contributed by atoms with Gasteiger partial charge in [0.2, 0.25) is 0 Å². The van der Waals surface area contributed by atoms with E-state index in [0.29, 0.717) is 0 Å². The fraction of sp³-hybridized carbons (Fsp3) is 0.273. The van der Waals surface area contributed by atoms with Gasteiger partial charge in [0, 0.05) is 12.0 Å². The first-order valence-corrected chi connectivity index (χ1v) is 4.45. The fourth-order valence-corrected chi connectivity index (χ4v) is 1.35. The molecule has 1 saturated carbocycles. The molecule has 1 aliphatic carbocycles. The van der Waals surface area contributed by atoms with Gasteiger partial charge in [0.1, 0.15) is 5.83 Å². The summed E-state index contributed by atoms with van der Waals surface area (Å²) in [6.07, 6.45) is 2.35. The molecule has 2 rings (SSSR count). The predicted octanol–water partition coefficient (Wildman–Crippen LogP) is 2.77. The van der Waals surface area contributed by atoms with Crippen LogP contribution in [0.3, 0.4) is 0 Å². The van der Waals surface area contributed by atoms with Crippen LogP contribution >= 0.6 is 12.4 Å². The number of hydrogen-bond acceptors (Lipinski definition) is 1. The summed E-state index contributed by atoms with van der Waals surface area (Å²) < 4.78 is 13.3. The lowest BCUT2D eigenvalue weighted by molar-refractivity contribution is 0.578. The Balaban J connectivity index is 0.000000980. The van der Waals surface area contributed by atoms with Gasteiger partial charge in [-0.3, -0.25) is 0 Å². The van der Waals surface area contributed by atoms with Gasteiger partial charge in [-0.05, 0) is 18.1 Å². The largest absolute Gasteiger partial charge is 0.327 e. The zero-order valence-corrected chi connectivity index (χ0v) is 8.51. The Hall–Kier alpha value is -0.860. The van der Waals surface area contributed by atoms with Crippen molar-refractivity contribution < 1.29 is 4.39 Å². The molecule has 3 heteroatoms. The van der Waals surface area contributed by atoms with E-state index in [4.69, 9.17) is 5.73 Å². The SMILES string of the molecule is Cl.NC1CC1/C(F)=C/c1ccccc1. The van der Waals surface area contributed by atoms with E-state index in [2.05, 4.69) is 0 Å². The molecule has 1 aromatic rings. The van der Waals surface area contributed by atoms with Crippen LogP contribution in [0.15, 0.2) is 36.2 Å². The summed E-state index contributed by atoms with van der Waals surface area (Å²) in [7, 11) is 0. The highest BCUT2D eigenvalue weighted by molar-refractivity contribution is 5.85. The fourth-order valence-electron chi connectivity index (χ4n) is 1.35. The van der Waals surface area contributed by atoms with E-state index in [9.17, 15) is 4.39 Å². The van der Waals surface area contributed by atoms with Gasteiger partial charge < -0.3 is 5.73 Å². The van der Waals surface area contributed by atoms with Crippen molar-refractivity contribution >= 4 is 18.5 Å². The van der Waals surface area contributed by atoms with E-state index in [-0.39, 0.29) is 30.2 Å². The van der Waals surface area contributed by atoms with E-state index < -0.39 is 0 Å². The normalized spacial score (nSPS) is 25.4. The summed E-state index contributed by atoms with van der Waals surface area (Å²) in [5.41, 5.74) is 6.44. The smallest absolute Gasteiger partial charge is 0.105 e. The standard InChI is InChI=1S/C11H12FN.ClH/c12-10(9-7-11(9)13)6-8-4-2-1-3-5-8;/h1-6,9,11H,7,13H2;1H/b10-6-;. The van der Waals surface area contributed by atoms with Crippen LogP contribution < -0.4 is 5.73 Å². The average Bonchev–Trinajstić information content (AvgIpc) is 2.84. The van der Waals surface area contributed by atoms with Crippen molar-refractivity contribution in [3.05, 3.63) is 41.7 Å². The maximum absolute atomic E-state index is 13.3. The molecule has 0 aliphatic heterocycles. The molecule has 0 saturated heterocycles. The Morgan fingerprint density at radius 3 is 2.43 bits per heavy atom. The highest BCUT2D eigenvalue weighted by atomic mass is 35.5. The second kappa shape index (κ2) is 4.58. The third-order valence-electron chi connectivity index (χ3n) is 2.30. The number of rotatable bonds is 2. The summed E-state index contributed by atoms with van der Waals surface area (Å²) in [4.78, 5) is 0. The Kier molecular flexibility index (Phi) is 3.67. The Labute approximate surface area is 89.2 Å². The molecule has 1 aromatic carbocycles. The molecule has 1 fully saturated rings. The van der Waals surface area contributed by atoms with Gasteiger partial charge in [-0.1, -0.05) is 30.3 Å². The van der Waals surface area contributed by atoms with Crippen molar-refractivity contribution in [3.8, 4) is 0 Å². The van der Waals surface area contributed by atoms with Gasteiger partial charge >= 0.3 is 0 Å². The number of hydrogen-bond donors (Lipinski definition) is 1. The van der Waals surface area contributed by atoms with Crippen molar-refractivity contribution in [3.63, 3.8) is 0 Å². The molecule has 76 valence electrons. The second-order valence-corrected chi connectivity index (χ2v) is 3.45. The zero-order valence-electron chi connectivity index (χ0n) is 7.69. The van der Waals surface area contributed by atoms with Gasteiger partial charge in [0.15, 0.2) is 0 Å². The summed E-state index contributed by atoms with van der Waals surface area (Å²) in [6, 6.07) is 9.51. The minimum atomic E-state index is -0.0845.